The first-order chi connectivity index (χ1) is 28.8. The van der Waals surface area contributed by atoms with E-state index in [4.69, 9.17) is 0 Å². The van der Waals surface area contributed by atoms with Gasteiger partial charge in [0.1, 0.15) is 0 Å². The molecule has 12 nitrogen and oxygen atoms in total. The van der Waals surface area contributed by atoms with Gasteiger partial charge in [-0.15, -0.1) is 149 Å². The van der Waals surface area contributed by atoms with Gasteiger partial charge in [-0.2, -0.15) is 0 Å². The Labute approximate surface area is 499 Å². The maximum absolute atomic E-state index is 3.71. The molecule has 0 radical (unpaired) electrons. The fourth-order valence-corrected chi connectivity index (χ4v) is 8.30. The molecule has 70 heavy (non-hydrogen) atoms. The van der Waals surface area contributed by atoms with E-state index in [1.165, 1.54) is 60.8 Å². The molecule has 0 aromatic heterocycles. The molecule has 2 aromatic carbocycles. The van der Waals surface area contributed by atoms with E-state index >= 15 is 0 Å². The van der Waals surface area contributed by atoms with Crippen molar-refractivity contribution in [3.63, 3.8) is 0 Å². The third kappa shape index (κ3) is 42.5. The van der Waals surface area contributed by atoms with E-state index in [1.807, 2.05) is 0 Å². The van der Waals surface area contributed by atoms with Crippen molar-refractivity contribution >= 4 is 149 Å². The fraction of sp³-hybridized carbons (Fsp3) is 0.739. The molecule has 0 bridgehead atoms. The summed E-state index contributed by atoms with van der Waals surface area (Å²) in [5.74, 6) is 0. The van der Waals surface area contributed by atoms with Crippen molar-refractivity contribution in [2.75, 3.05) is 157 Å². The summed E-state index contributed by atoms with van der Waals surface area (Å²) in [7, 11) is 0. The second-order valence-electron chi connectivity index (χ2n) is 16.9. The lowest BCUT2D eigenvalue weighted by Gasteiger charge is -2.27. The quantitative estimate of drug-likeness (QED) is 0.143. The first-order valence-corrected chi connectivity index (χ1v) is 23.5. The van der Waals surface area contributed by atoms with Crippen molar-refractivity contribution in [2.24, 2.45) is 0 Å². The summed E-state index contributed by atoms with van der Waals surface area (Å²) in [5.41, 5.74) is 5.70. The third-order valence-electron chi connectivity index (χ3n) is 11.8. The molecule has 424 valence electrons. The molecule has 3 aliphatic rings. The summed E-state index contributed by atoms with van der Waals surface area (Å²) in [4.78, 5) is 10.6. The molecule has 3 heterocycles. The van der Waals surface area contributed by atoms with Crippen LogP contribution in [0.1, 0.15) is 60.8 Å². The molecular weight excluding hydrogens is 1150 g/mol. The molecule has 3 saturated heterocycles. The van der Waals surface area contributed by atoms with Gasteiger partial charge in [-0.3, -0.25) is 19.6 Å². The van der Waals surface area contributed by atoms with Gasteiger partial charge in [-0.1, -0.05) is 48.5 Å². The van der Waals surface area contributed by atoms with Crippen LogP contribution in [0.25, 0.3) is 0 Å². The van der Waals surface area contributed by atoms with Crippen LogP contribution in [-0.4, -0.2) is 177 Å². The topological polar surface area (TPSA) is 109 Å². The van der Waals surface area contributed by atoms with Crippen molar-refractivity contribution in [1.82, 2.24) is 62.1 Å². The van der Waals surface area contributed by atoms with Gasteiger partial charge < -0.3 is 42.5 Å². The molecular formula is C46H96Cl12N12. The lowest BCUT2D eigenvalue weighted by Crippen LogP contribution is -2.38. The van der Waals surface area contributed by atoms with Crippen molar-refractivity contribution in [2.45, 2.75) is 64.7 Å². The Bertz CT molecular complexity index is 1190. The summed E-state index contributed by atoms with van der Waals surface area (Å²) < 4.78 is 0. The van der Waals surface area contributed by atoms with Gasteiger partial charge in [0.05, 0.1) is 0 Å². The number of nitrogens with one attached hydrogen (secondary N) is 8. The van der Waals surface area contributed by atoms with Crippen molar-refractivity contribution < 1.29 is 0 Å². The fourth-order valence-electron chi connectivity index (χ4n) is 8.30. The van der Waals surface area contributed by atoms with Gasteiger partial charge >= 0.3 is 0 Å². The van der Waals surface area contributed by atoms with Crippen LogP contribution in [0.4, 0.5) is 0 Å². The molecule has 0 aliphatic carbocycles. The van der Waals surface area contributed by atoms with Gasteiger partial charge in [0, 0.05) is 105 Å². The number of hydrogen-bond donors (Lipinski definition) is 8. The van der Waals surface area contributed by atoms with Crippen molar-refractivity contribution in [3.05, 3.63) is 70.8 Å². The van der Waals surface area contributed by atoms with E-state index in [0.29, 0.717) is 0 Å². The molecule has 0 saturated carbocycles. The van der Waals surface area contributed by atoms with Crippen LogP contribution in [0.2, 0.25) is 0 Å². The van der Waals surface area contributed by atoms with Crippen LogP contribution in [0, 0.1) is 0 Å². The molecule has 0 amide bonds. The lowest BCUT2D eigenvalue weighted by molar-refractivity contribution is 0.215. The van der Waals surface area contributed by atoms with Gasteiger partial charge in [0.2, 0.25) is 0 Å². The molecule has 24 heteroatoms. The lowest BCUT2D eigenvalue weighted by atomic mass is 10.1. The highest BCUT2D eigenvalue weighted by molar-refractivity contribution is 5.86. The molecule has 5 rings (SSSR count). The Morgan fingerprint density at radius 1 is 0.214 bits per heavy atom. The third-order valence-corrected chi connectivity index (χ3v) is 11.8. The molecule has 0 atom stereocenters. The zero-order valence-corrected chi connectivity index (χ0v) is 51.1. The largest absolute Gasteiger partial charge is 0.315 e. The van der Waals surface area contributed by atoms with Gasteiger partial charge in [0.15, 0.2) is 0 Å². The molecule has 8 N–H and O–H groups in total. The second kappa shape index (κ2) is 59.7. The maximum atomic E-state index is 3.71. The summed E-state index contributed by atoms with van der Waals surface area (Å²) in [6, 6.07) is 19.1. The zero-order chi connectivity index (χ0) is 40.0. The molecule has 2 aromatic rings. The Kier molecular flexibility index (Phi) is 75.1. The predicted octanol–water partition coefficient (Wildman–Crippen LogP) is 6.75. The molecule has 3 fully saturated rings. The first-order valence-electron chi connectivity index (χ1n) is 23.5. The van der Waals surface area contributed by atoms with Gasteiger partial charge in [0.25, 0.3) is 0 Å². The first kappa shape index (κ1) is 88.1. The number of halogens is 12. The second-order valence-corrected chi connectivity index (χ2v) is 16.9. The summed E-state index contributed by atoms with van der Waals surface area (Å²) in [6.45, 7) is 30.1. The van der Waals surface area contributed by atoms with Crippen LogP contribution in [0.3, 0.4) is 0 Å². The number of nitrogens with zero attached hydrogens (tertiary/aromatic N) is 4. The number of benzene rings is 2. The van der Waals surface area contributed by atoms with Crippen LogP contribution in [0.5, 0.6) is 0 Å². The minimum atomic E-state index is 0. The van der Waals surface area contributed by atoms with E-state index in [2.05, 4.69) is 111 Å². The van der Waals surface area contributed by atoms with Crippen molar-refractivity contribution in [1.29, 1.82) is 0 Å². The highest BCUT2D eigenvalue weighted by Gasteiger charge is 2.13. The van der Waals surface area contributed by atoms with Gasteiger partial charge in [-0.25, -0.2) is 0 Å². The van der Waals surface area contributed by atoms with Crippen LogP contribution in [0.15, 0.2) is 48.5 Å². The van der Waals surface area contributed by atoms with Crippen LogP contribution < -0.4 is 42.5 Å². The molecule has 0 unspecified atom stereocenters. The smallest absolute Gasteiger partial charge is 0.0234 e. The Morgan fingerprint density at radius 3 is 0.629 bits per heavy atom. The van der Waals surface area contributed by atoms with Gasteiger partial charge in [-0.05, 0) is 139 Å². The highest BCUT2D eigenvalue weighted by Crippen LogP contribution is 2.14. The number of hydrogen-bond acceptors (Lipinski definition) is 12. The number of rotatable bonds is 8. The standard InChI is InChI=1S/C46H84N12.12ClH/c1-15-47-23-25-49-21-4-31-55(35-27-51-17-1)39-43-7-11-45(12-8-43)41-57-33-6-34-58(38-30-54-20-3-19-53-29-37-57)42-46-13-9-44(10-14-46)40-56-32-5-22-50-26-24-48-16-2-18-52-28-36-56;;;;;;;;;;;;/h7-14,47-54H,1-6,15-42H2;12*1H. The normalized spacial score (nSPS) is 18.7. The minimum absolute atomic E-state index is 0. The Balaban J connectivity index is -0.000000534. The van der Waals surface area contributed by atoms with E-state index in [0.717, 1.165) is 183 Å². The highest BCUT2D eigenvalue weighted by atomic mass is 35.5. The minimum Gasteiger partial charge on any atom is -0.315 e. The summed E-state index contributed by atoms with van der Waals surface area (Å²) in [6.07, 6.45) is 7.11. The van der Waals surface area contributed by atoms with E-state index in [-0.39, 0.29) is 149 Å². The van der Waals surface area contributed by atoms with E-state index < -0.39 is 0 Å². The summed E-state index contributed by atoms with van der Waals surface area (Å²) in [5, 5.41) is 29.0. The van der Waals surface area contributed by atoms with E-state index in [9.17, 15) is 0 Å². The SMILES string of the molecule is Cl.Cl.Cl.Cl.Cl.Cl.Cl.Cl.Cl.Cl.Cl.Cl.c1cc(CN2CCCN(Cc3ccc(CN4CCCNCCNCCCNCC4)cc3)CCNCCCNCC2)ccc1CN1CCCNCCNCCCNCC1. The maximum Gasteiger partial charge on any atom is 0.0234 e. The molecule has 3 aliphatic heterocycles. The monoisotopic (exact) mass is 1240 g/mol. The zero-order valence-electron chi connectivity index (χ0n) is 41.3. The average molecular weight is 1240 g/mol. The summed E-state index contributed by atoms with van der Waals surface area (Å²) >= 11 is 0. The Morgan fingerprint density at radius 2 is 0.400 bits per heavy atom. The Hall–Kier alpha value is 1.44. The predicted molar refractivity (Wildman–Crippen MR) is 332 cm³/mol. The molecule has 0 spiro atoms. The van der Waals surface area contributed by atoms with Crippen LogP contribution >= 0.6 is 149 Å². The van der Waals surface area contributed by atoms with Crippen molar-refractivity contribution in [3.8, 4) is 0 Å². The van der Waals surface area contributed by atoms with E-state index in [1.54, 1.807) is 0 Å². The average Bonchev–Trinajstić information content (AvgIpc) is 3.23. The van der Waals surface area contributed by atoms with Crippen LogP contribution in [-0.2, 0) is 26.2 Å².